The molecule has 98 valence electrons. The Morgan fingerprint density at radius 3 is 2.47 bits per heavy atom. The average Bonchev–Trinajstić information content (AvgIpc) is 2.36. The summed E-state index contributed by atoms with van der Waals surface area (Å²) in [6, 6.07) is 0. The molecule has 1 fully saturated rings. The van der Waals surface area contributed by atoms with Gasteiger partial charge in [-0.25, -0.2) is 0 Å². The maximum Gasteiger partial charge on any atom is 0.313 e. The molecular weight excluding hydrogens is 220 g/mol. The third kappa shape index (κ3) is 4.00. The standard InChI is InChI=1S/C12H22N2O3/c1-12(2,11(16)17-3)8-14-10(15)9-4-6-13-7-5-9/h9,13H,4-8H2,1-3H3,(H,14,15). The van der Waals surface area contributed by atoms with E-state index in [1.807, 2.05) is 0 Å². The lowest BCUT2D eigenvalue weighted by Crippen LogP contribution is -2.44. The lowest BCUT2D eigenvalue weighted by Gasteiger charge is -2.25. The second-order valence-electron chi connectivity index (χ2n) is 5.12. The minimum absolute atomic E-state index is 0.0449. The van der Waals surface area contributed by atoms with E-state index < -0.39 is 5.41 Å². The number of carbonyl (C=O) groups is 2. The number of hydrogen-bond acceptors (Lipinski definition) is 4. The largest absolute Gasteiger partial charge is 0.469 e. The molecule has 5 nitrogen and oxygen atoms in total. The molecule has 0 aromatic carbocycles. The van der Waals surface area contributed by atoms with Gasteiger partial charge in [-0.05, 0) is 39.8 Å². The van der Waals surface area contributed by atoms with E-state index in [4.69, 9.17) is 4.74 Å². The van der Waals surface area contributed by atoms with Gasteiger partial charge in [0.25, 0.3) is 0 Å². The monoisotopic (exact) mass is 242 g/mol. The second kappa shape index (κ2) is 6.00. The molecule has 1 amide bonds. The van der Waals surface area contributed by atoms with Crippen molar-refractivity contribution < 1.29 is 14.3 Å². The Morgan fingerprint density at radius 2 is 1.94 bits per heavy atom. The van der Waals surface area contributed by atoms with Crippen molar-refractivity contribution in [3.63, 3.8) is 0 Å². The van der Waals surface area contributed by atoms with Gasteiger partial charge in [-0.1, -0.05) is 0 Å². The van der Waals surface area contributed by atoms with Gasteiger partial charge in [0.1, 0.15) is 0 Å². The first kappa shape index (κ1) is 14.0. The number of rotatable bonds is 4. The molecule has 0 unspecified atom stereocenters. The first-order valence-electron chi connectivity index (χ1n) is 6.04. The summed E-state index contributed by atoms with van der Waals surface area (Å²) >= 11 is 0. The van der Waals surface area contributed by atoms with Crippen LogP contribution in [0.2, 0.25) is 0 Å². The predicted octanol–water partition coefficient (Wildman–Crippen LogP) is 0.301. The molecule has 17 heavy (non-hydrogen) atoms. The van der Waals surface area contributed by atoms with E-state index >= 15 is 0 Å². The average molecular weight is 242 g/mol. The minimum atomic E-state index is -0.669. The lowest BCUT2D eigenvalue weighted by atomic mass is 9.92. The zero-order chi connectivity index (χ0) is 12.9. The Balaban J connectivity index is 2.39. The van der Waals surface area contributed by atoms with Crippen molar-refractivity contribution in [2.24, 2.45) is 11.3 Å². The predicted molar refractivity (Wildman–Crippen MR) is 64.4 cm³/mol. The quantitative estimate of drug-likeness (QED) is 0.696. The van der Waals surface area contributed by atoms with Gasteiger partial charge >= 0.3 is 5.97 Å². The zero-order valence-electron chi connectivity index (χ0n) is 10.8. The van der Waals surface area contributed by atoms with Crippen LogP contribution in [0.4, 0.5) is 0 Å². The molecule has 2 N–H and O–H groups in total. The highest BCUT2D eigenvalue weighted by atomic mass is 16.5. The first-order valence-corrected chi connectivity index (χ1v) is 6.04. The summed E-state index contributed by atoms with van der Waals surface area (Å²) in [6.07, 6.45) is 1.73. The van der Waals surface area contributed by atoms with E-state index in [0.29, 0.717) is 6.54 Å². The van der Waals surface area contributed by atoms with Gasteiger partial charge in [-0.15, -0.1) is 0 Å². The Morgan fingerprint density at radius 1 is 1.35 bits per heavy atom. The molecule has 0 aromatic heterocycles. The van der Waals surface area contributed by atoms with Gasteiger partial charge in [-0.2, -0.15) is 0 Å². The Labute approximate surface area is 102 Å². The summed E-state index contributed by atoms with van der Waals surface area (Å²) in [5, 5.41) is 6.06. The lowest BCUT2D eigenvalue weighted by molar-refractivity contribution is -0.150. The fraction of sp³-hybridized carbons (Fsp3) is 0.833. The van der Waals surface area contributed by atoms with Gasteiger partial charge < -0.3 is 15.4 Å². The molecule has 0 aliphatic carbocycles. The van der Waals surface area contributed by atoms with E-state index in [2.05, 4.69) is 10.6 Å². The van der Waals surface area contributed by atoms with Crippen molar-refractivity contribution in [3.8, 4) is 0 Å². The molecule has 0 saturated carbocycles. The molecule has 0 aromatic rings. The molecule has 0 radical (unpaired) electrons. The highest BCUT2D eigenvalue weighted by molar-refractivity contribution is 5.81. The van der Waals surface area contributed by atoms with Crippen LogP contribution in [-0.2, 0) is 14.3 Å². The minimum Gasteiger partial charge on any atom is -0.469 e. The van der Waals surface area contributed by atoms with Crippen molar-refractivity contribution in [3.05, 3.63) is 0 Å². The van der Waals surface area contributed by atoms with Crippen LogP contribution < -0.4 is 10.6 Å². The summed E-state index contributed by atoms with van der Waals surface area (Å²) in [5.74, 6) is -0.184. The molecular formula is C12H22N2O3. The Hall–Kier alpha value is -1.10. The fourth-order valence-corrected chi connectivity index (χ4v) is 1.88. The molecule has 1 heterocycles. The normalized spacial score (nSPS) is 17.6. The highest BCUT2D eigenvalue weighted by Crippen LogP contribution is 2.17. The van der Waals surface area contributed by atoms with Crippen LogP contribution in [0, 0.1) is 11.3 Å². The van der Waals surface area contributed by atoms with Crippen molar-refractivity contribution in [2.75, 3.05) is 26.7 Å². The Bertz CT molecular complexity index is 283. The van der Waals surface area contributed by atoms with E-state index in [1.165, 1.54) is 7.11 Å². The smallest absolute Gasteiger partial charge is 0.313 e. The summed E-state index contributed by atoms with van der Waals surface area (Å²) in [7, 11) is 1.36. The first-order chi connectivity index (χ1) is 7.97. The van der Waals surface area contributed by atoms with Crippen molar-refractivity contribution in [1.29, 1.82) is 0 Å². The van der Waals surface area contributed by atoms with Gasteiger partial charge in [0, 0.05) is 12.5 Å². The Kier molecular flexibility index (Phi) is 4.93. The molecule has 1 rings (SSSR count). The number of esters is 1. The molecule has 1 aliphatic heterocycles. The number of hydrogen-bond donors (Lipinski definition) is 2. The molecule has 5 heteroatoms. The topological polar surface area (TPSA) is 67.4 Å². The summed E-state index contributed by atoms with van der Waals surface area (Å²) in [6.45, 7) is 5.63. The maximum atomic E-state index is 11.9. The zero-order valence-corrected chi connectivity index (χ0v) is 10.8. The number of ether oxygens (including phenoxy) is 1. The van der Waals surface area contributed by atoms with E-state index in [9.17, 15) is 9.59 Å². The van der Waals surface area contributed by atoms with Crippen LogP contribution in [0.1, 0.15) is 26.7 Å². The number of amides is 1. The number of carbonyl (C=O) groups excluding carboxylic acids is 2. The van der Waals surface area contributed by atoms with Crippen LogP contribution in [0.15, 0.2) is 0 Å². The molecule has 1 aliphatic rings. The van der Waals surface area contributed by atoms with Crippen LogP contribution in [0.25, 0.3) is 0 Å². The van der Waals surface area contributed by atoms with Gasteiger partial charge in [0.05, 0.1) is 12.5 Å². The molecule has 0 atom stereocenters. The van der Waals surface area contributed by atoms with Crippen LogP contribution >= 0.6 is 0 Å². The van der Waals surface area contributed by atoms with E-state index in [0.717, 1.165) is 25.9 Å². The van der Waals surface area contributed by atoms with Crippen LogP contribution in [0.5, 0.6) is 0 Å². The summed E-state index contributed by atoms with van der Waals surface area (Å²) in [5.41, 5.74) is -0.669. The molecule has 0 spiro atoms. The van der Waals surface area contributed by atoms with Crippen molar-refractivity contribution in [2.45, 2.75) is 26.7 Å². The number of methoxy groups -OCH3 is 1. The van der Waals surface area contributed by atoms with Gasteiger partial charge in [0.15, 0.2) is 0 Å². The van der Waals surface area contributed by atoms with Crippen molar-refractivity contribution in [1.82, 2.24) is 10.6 Å². The SMILES string of the molecule is COC(=O)C(C)(C)CNC(=O)C1CCNCC1. The molecule has 0 bridgehead atoms. The van der Waals surface area contributed by atoms with Crippen molar-refractivity contribution >= 4 is 11.9 Å². The fourth-order valence-electron chi connectivity index (χ4n) is 1.88. The maximum absolute atomic E-state index is 11.9. The van der Waals surface area contributed by atoms with Gasteiger partial charge in [-0.3, -0.25) is 9.59 Å². The third-order valence-electron chi connectivity index (χ3n) is 3.15. The van der Waals surface area contributed by atoms with Gasteiger partial charge in [0.2, 0.25) is 5.91 Å². The van der Waals surface area contributed by atoms with Crippen LogP contribution in [0.3, 0.4) is 0 Å². The van der Waals surface area contributed by atoms with E-state index in [-0.39, 0.29) is 17.8 Å². The number of nitrogens with one attached hydrogen (secondary N) is 2. The molecule has 1 saturated heterocycles. The number of piperidine rings is 1. The summed E-state index contributed by atoms with van der Waals surface area (Å²) in [4.78, 5) is 23.3. The summed E-state index contributed by atoms with van der Waals surface area (Å²) < 4.78 is 4.69. The van der Waals surface area contributed by atoms with Crippen LogP contribution in [-0.4, -0.2) is 38.6 Å². The second-order valence-corrected chi connectivity index (χ2v) is 5.12. The third-order valence-corrected chi connectivity index (χ3v) is 3.15. The van der Waals surface area contributed by atoms with E-state index in [1.54, 1.807) is 13.8 Å². The highest BCUT2D eigenvalue weighted by Gasteiger charge is 2.30.